The quantitative estimate of drug-likeness (QED) is 0.156. The van der Waals surface area contributed by atoms with Gasteiger partial charge in [0.05, 0.1) is 10.8 Å². The number of nitro benzene ring substituents is 1. The molecule has 1 aliphatic heterocycles. The number of amides is 1. The maximum atomic E-state index is 12.8. The molecular weight excluding hydrogens is 488 g/mol. The number of carbonyl (C=O) groups excluding carboxylic acids is 3. The SMILES string of the molecule is CCc1cccc(CC)c1N1C[C@@H](C(=O)OCC(=O)c2ccc(Oc3ccc([N+](=O)[O-])cc3)cc2)CC1=O. The van der Waals surface area contributed by atoms with Gasteiger partial charge < -0.3 is 14.4 Å². The van der Waals surface area contributed by atoms with E-state index in [1.54, 1.807) is 29.2 Å². The summed E-state index contributed by atoms with van der Waals surface area (Å²) in [6.45, 7) is 3.86. The number of hydrogen-bond donors (Lipinski definition) is 0. The molecule has 1 heterocycles. The minimum atomic E-state index is -0.637. The monoisotopic (exact) mass is 516 g/mol. The first-order chi connectivity index (χ1) is 18.3. The van der Waals surface area contributed by atoms with Gasteiger partial charge in [-0.05, 0) is 60.4 Å². The topological polar surface area (TPSA) is 116 Å². The van der Waals surface area contributed by atoms with Crippen LogP contribution in [-0.4, -0.2) is 35.7 Å². The lowest BCUT2D eigenvalue weighted by atomic mass is 10.0. The molecule has 0 aliphatic carbocycles. The number of non-ortho nitro benzene ring substituents is 1. The molecule has 1 aliphatic rings. The highest BCUT2D eigenvalue weighted by atomic mass is 16.6. The fourth-order valence-corrected chi connectivity index (χ4v) is 4.46. The third-order valence-corrected chi connectivity index (χ3v) is 6.50. The Balaban J connectivity index is 1.33. The van der Waals surface area contributed by atoms with Gasteiger partial charge in [0.15, 0.2) is 12.4 Å². The number of esters is 1. The molecule has 0 saturated carbocycles. The minimum absolute atomic E-state index is 0.0426. The molecule has 4 rings (SSSR count). The first-order valence-electron chi connectivity index (χ1n) is 12.4. The van der Waals surface area contributed by atoms with Crippen LogP contribution in [0.3, 0.4) is 0 Å². The Kier molecular flexibility index (Phi) is 8.15. The predicted octanol–water partition coefficient (Wildman–Crippen LogP) is 5.29. The molecule has 1 atom stereocenters. The summed E-state index contributed by atoms with van der Waals surface area (Å²) in [5.41, 5.74) is 3.29. The zero-order valence-corrected chi connectivity index (χ0v) is 21.2. The molecule has 0 unspecified atom stereocenters. The lowest BCUT2D eigenvalue weighted by Gasteiger charge is -2.23. The second-order valence-corrected chi connectivity index (χ2v) is 8.95. The number of Topliss-reactive ketones (excluding diaryl/α,β-unsaturated/α-hetero) is 1. The number of para-hydroxylation sites is 1. The van der Waals surface area contributed by atoms with Crippen molar-refractivity contribution in [1.82, 2.24) is 0 Å². The Morgan fingerprint density at radius 1 is 0.947 bits per heavy atom. The highest BCUT2D eigenvalue weighted by Gasteiger charge is 2.37. The van der Waals surface area contributed by atoms with Crippen LogP contribution in [0.15, 0.2) is 66.7 Å². The van der Waals surface area contributed by atoms with Crippen molar-refractivity contribution < 1.29 is 28.8 Å². The zero-order valence-electron chi connectivity index (χ0n) is 21.2. The minimum Gasteiger partial charge on any atom is -0.457 e. The maximum Gasteiger partial charge on any atom is 0.311 e. The number of anilines is 1. The lowest BCUT2D eigenvalue weighted by molar-refractivity contribution is -0.384. The molecule has 0 bridgehead atoms. The van der Waals surface area contributed by atoms with Crippen molar-refractivity contribution in [3.05, 3.63) is 93.5 Å². The second kappa shape index (κ2) is 11.7. The van der Waals surface area contributed by atoms with Gasteiger partial charge in [0.2, 0.25) is 5.91 Å². The van der Waals surface area contributed by atoms with Crippen molar-refractivity contribution in [2.75, 3.05) is 18.1 Å². The lowest BCUT2D eigenvalue weighted by Crippen LogP contribution is -2.29. The van der Waals surface area contributed by atoms with Crippen molar-refractivity contribution in [2.45, 2.75) is 33.1 Å². The van der Waals surface area contributed by atoms with Gasteiger partial charge in [0.1, 0.15) is 11.5 Å². The Morgan fingerprint density at radius 2 is 1.53 bits per heavy atom. The highest BCUT2D eigenvalue weighted by Crippen LogP contribution is 2.33. The first-order valence-corrected chi connectivity index (χ1v) is 12.4. The van der Waals surface area contributed by atoms with Gasteiger partial charge in [-0.1, -0.05) is 32.0 Å². The van der Waals surface area contributed by atoms with E-state index in [1.807, 2.05) is 32.0 Å². The molecule has 0 N–H and O–H groups in total. The fourth-order valence-electron chi connectivity index (χ4n) is 4.46. The fraction of sp³-hybridized carbons (Fsp3) is 0.276. The van der Waals surface area contributed by atoms with Crippen LogP contribution in [0.2, 0.25) is 0 Å². The van der Waals surface area contributed by atoms with Gasteiger partial charge in [0.25, 0.3) is 5.69 Å². The molecule has 3 aromatic rings. The van der Waals surface area contributed by atoms with Crippen LogP contribution in [0.1, 0.15) is 41.8 Å². The summed E-state index contributed by atoms with van der Waals surface area (Å²) < 4.78 is 10.9. The molecule has 3 aromatic carbocycles. The third-order valence-electron chi connectivity index (χ3n) is 6.50. The molecule has 38 heavy (non-hydrogen) atoms. The molecular formula is C29H28N2O7. The molecule has 0 spiro atoms. The first kappa shape index (κ1) is 26.5. The Hall–Kier alpha value is -4.53. The summed E-state index contributed by atoms with van der Waals surface area (Å²) in [5, 5.41) is 10.8. The Labute approximate surface area is 220 Å². The molecule has 1 amide bonds. The van der Waals surface area contributed by atoms with E-state index < -0.39 is 23.4 Å². The Morgan fingerprint density at radius 3 is 2.08 bits per heavy atom. The van der Waals surface area contributed by atoms with Gasteiger partial charge in [0, 0.05) is 36.3 Å². The van der Waals surface area contributed by atoms with Crippen molar-refractivity contribution in [2.24, 2.45) is 5.92 Å². The van der Waals surface area contributed by atoms with Crippen molar-refractivity contribution in [3.8, 4) is 11.5 Å². The highest BCUT2D eigenvalue weighted by molar-refractivity contribution is 6.01. The summed E-state index contributed by atoms with van der Waals surface area (Å²) in [7, 11) is 0. The largest absolute Gasteiger partial charge is 0.457 e. The number of ketones is 1. The zero-order chi connectivity index (χ0) is 27.2. The van der Waals surface area contributed by atoms with Gasteiger partial charge in [-0.3, -0.25) is 24.5 Å². The summed E-state index contributed by atoms with van der Waals surface area (Å²) in [5.74, 6) is -0.864. The summed E-state index contributed by atoms with van der Waals surface area (Å²) in [6, 6.07) is 17.9. The van der Waals surface area contributed by atoms with Crippen LogP contribution < -0.4 is 9.64 Å². The van der Waals surface area contributed by atoms with E-state index in [0.29, 0.717) is 17.1 Å². The molecule has 1 saturated heterocycles. The van der Waals surface area contributed by atoms with E-state index in [0.717, 1.165) is 29.7 Å². The maximum absolute atomic E-state index is 12.8. The summed E-state index contributed by atoms with van der Waals surface area (Å²) in [4.78, 5) is 50.1. The standard InChI is InChI=1S/C29H28N2O7/c1-3-19-6-5-7-20(4-2)28(19)30-17-22(16-27(30)33)29(34)37-18-26(32)21-8-12-24(13-9-21)38-25-14-10-23(11-15-25)31(35)36/h5-15,22H,3-4,16-18H2,1-2H3/t22-/m0/s1. The van der Waals surface area contributed by atoms with Gasteiger partial charge >= 0.3 is 5.97 Å². The predicted molar refractivity (Wildman–Crippen MR) is 141 cm³/mol. The van der Waals surface area contributed by atoms with E-state index in [2.05, 4.69) is 0 Å². The van der Waals surface area contributed by atoms with E-state index in [-0.39, 0.29) is 30.3 Å². The second-order valence-electron chi connectivity index (χ2n) is 8.95. The van der Waals surface area contributed by atoms with Crippen molar-refractivity contribution >= 4 is 29.0 Å². The number of ether oxygens (including phenoxy) is 2. The normalized spacial score (nSPS) is 14.8. The van der Waals surface area contributed by atoms with Crippen LogP contribution in [0, 0.1) is 16.0 Å². The molecule has 0 aromatic heterocycles. The van der Waals surface area contributed by atoms with Gasteiger partial charge in [-0.25, -0.2) is 0 Å². The number of rotatable bonds is 10. The van der Waals surface area contributed by atoms with E-state index in [1.165, 1.54) is 24.3 Å². The number of benzene rings is 3. The van der Waals surface area contributed by atoms with Gasteiger partial charge in [-0.15, -0.1) is 0 Å². The number of hydrogen-bond acceptors (Lipinski definition) is 7. The number of nitro groups is 1. The van der Waals surface area contributed by atoms with Crippen LogP contribution in [-0.2, 0) is 27.2 Å². The molecule has 1 fully saturated rings. The van der Waals surface area contributed by atoms with Crippen LogP contribution >= 0.6 is 0 Å². The number of carbonyl (C=O) groups is 3. The molecule has 0 radical (unpaired) electrons. The number of aryl methyl sites for hydroxylation is 2. The summed E-state index contributed by atoms with van der Waals surface area (Å²) >= 11 is 0. The molecule has 9 nitrogen and oxygen atoms in total. The van der Waals surface area contributed by atoms with Crippen molar-refractivity contribution in [3.63, 3.8) is 0 Å². The smallest absolute Gasteiger partial charge is 0.311 e. The summed E-state index contributed by atoms with van der Waals surface area (Å²) in [6.07, 6.45) is 1.59. The average molecular weight is 517 g/mol. The third kappa shape index (κ3) is 5.88. The molecule has 9 heteroatoms. The molecule has 196 valence electrons. The van der Waals surface area contributed by atoms with E-state index in [9.17, 15) is 24.5 Å². The van der Waals surface area contributed by atoms with E-state index in [4.69, 9.17) is 9.47 Å². The van der Waals surface area contributed by atoms with E-state index >= 15 is 0 Å². The number of nitrogens with zero attached hydrogens (tertiary/aromatic N) is 2. The van der Waals surface area contributed by atoms with Crippen molar-refractivity contribution in [1.29, 1.82) is 0 Å². The van der Waals surface area contributed by atoms with Crippen LogP contribution in [0.4, 0.5) is 11.4 Å². The Bertz CT molecular complexity index is 1330. The van der Waals surface area contributed by atoms with Crippen LogP contribution in [0.25, 0.3) is 0 Å². The average Bonchev–Trinajstić information content (AvgIpc) is 3.32. The van der Waals surface area contributed by atoms with Crippen LogP contribution in [0.5, 0.6) is 11.5 Å². The van der Waals surface area contributed by atoms with Gasteiger partial charge in [-0.2, -0.15) is 0 Å².